The summed E-state index contributed by atoms with van der Waals surface area (Å²) in [6.07, 6.45) is 0.809. The monoisotopic (exact) mass is 367 g/mol. The largest absolute Gasteiger partial charge is 0.493 e. The molecule has 0 aliphatic heterocycles. The standard InChI is InChI=1S/C19H20F3NO3/c1-12(2)8-9-26-17-10-13(19(20,21)22)6-7-16(17)18(25)23-14-4-3-5-15(24)11-14/h3-4,6-7,10-12H,5,8-9H2,1-2H3,(H,23,25). The Morgan fingerprint density at radius 3 is 2.65 bits per heavy atom. The number of ketones is 1. The Morgan fingerprint density at radius 2 is 2.04 bits per heavy atom. The zero-order chi connectivity index (χ0) is 19.3. The molecule has 1 N–H and O–H groups in total. The lowest BCUT2D eigenvalue weighted by atomic mass is 10.1. The normalized spacial score (nSPS) is 14.4. The maximum absolute atomic E-state index is 13.0. The van der Waals surface area contributed by atoms with Crippen molar-refractivity contribution >= 4 is 11.7 Å². The maximum Gasteiger partial charge on any atom is 0.416 e. The summed E-state index contributed by atoms with van der Waals surface area (Å²) >= 11 is 0. The molecule has 0 atom stereocenters. The van der Waals surface area contributed by atoms with Crippen LogP contribution < -0.4 is 10.1 Å². The first-order valence-corrected chi connectivity index (χ1v) is 8.23. The molecule has 4 nitrogen and oxygen atoms in total. The minimum Gasteiger partial charge on any atom is -0.493 e. The molecule has 1 amide bonds. The van der Waals surface area contributed by atoms with Crippen LogP contribution in [0.3, 0.4) is 0 Å². The number of carbonyl (C=O) groups excluding carboxylic acids is 2. The quantitative estimate of drug-likeness (QED) is 0.817. The van der Waals surface area contributed by atoms with Crippen LogP contribution in [0.5, 0.6) is 5.75 Å². The van der Waals surface area contributed by atoms with Crippen molar-refractivity contribution in [2.75, 3.05) is 6.61 Å². The summed E-state index contributed by atoms with van der Waals surface area (Å²) in [6, 6.07) is 2.74. The number of amides is 1. The molecule has 0 saturated heterocycles. The van der Waals surface area contributed by atoms with E-state index in [0.717, 1.165) is 18.2 Å². The van der Waals surface area contributed by atoms with Crippen LogP contribution in [0.25, 0.3) is 0 Å². The minimum absolute atomic E-state index is 0.0194. The SMILES string of the molecule is CC(C)CCOc1cc(C(F)(F)F)ccc1C(=O)NC1=CC(=O)CC=C1. The molecule has 26 heavy (non-hydrogen) atoms. The highest BCUT2D eigenvalue weighted by Gasteiger charge is 2.32. The molecule has 0 spiro atoms. The molecule has 0 bridgehead atoms. The minimum atomic E-state index is -4.54. The first-order chi connectivity index (χ1) is 12.2. The summed E-state index contributed by atoms with van der Waals surface area (Å²) in [7, 11) is 0. The molecular formula is C19H20F3NO3. The lowest BCUT2D eigenvalue weighted by molar-refractivity contribution is -0.137. The molecule has 0 heterocycles. The molecule has 0 unspecified atom stereocenters. The van der Waals surface area contributed by atoms with E-state index in [4.69, 9.17) is 4.74 Å². The van der Waals surface area contributed by atoms with Crippen molar-refractivity contribution in [2.24, 2.45) is 5.92 Å². The molecule has 1 aliphatic carbocycles. The number of nitrogens with one attached hydrogen (secondary N) is 1. The maximum atomic E-state index is 13.0. The summed E-state index contributed by atoms with van der Waals surface area (Å²) in [6.45, 7) is 4.12. The van der Waals surface area contributed by atoms with Crippen LogP contribution in [0.15, 0.2) is 42.1 Å². The summed E-state index contributed by atoms with van der Waals surface area (Å²) in [5.74, 6) is -0.626. The summed E-state index contributed by atoms with van der Waals surface area (Å²) in [5, 5.41) is 2.52. The Bertz CT molecular complexity index is 749. The average molecular weight is 367 g/mol. The van der Waals surface area contributed by atoms with E-state index in [1.807, 2.05) is 13.8 Å². The van der Waals surface area contributed by atoms with Crippen LogP contribution >= 0.6 is 0 Å². The molecule has 0 aromatic heterocycles. The molecule has 140 valence electrons. The van der Waals surface area contributed by atoms with Crippen molar-refractivity contribution in [3.8, 4) is 5.75 Å². The fourth-order valence-electron chi connectivity index (χ4n) is 2.27. The lowest BCUT2D eigenvalue weighted by Crippen LogP contribution is -2.24. The first-order valence-electron chi connectivity index (χ1n) is 8.23. The van der Waals surface area contributed by atoms with Gasteiger partial charge < -0.3 is 10.1 Å². The van der Waals surface area contributed by atoms with Gasteiger partial charge in [0.25, 0.3) is 5.91 Å². The predicted octanol–water partition coefficient (Wildman–Crippen LogP) is 4.27. The third-order valence-corrected chi connectivity index (χ3v) is 3.70. The highest BCUT2D eigenvalue weighted by atomic mass is 19.4. The second kappa shape index (κ2) is 8.21. The highest BCUT2D eigenvalue weighted by Crippen LogP contribution is 2.33. The van der Waals surface area contributed by atoms with Crippen molar-refractivity contribution in [1.82, 2.24) is 5.32 Å². The van der Waals surface area contributed by atoms with Crippen molar-refractivity contribution in [1.29, 1.82) is 0 Å². The Hall–Kier alpha value is -2.57. The summed E-state index contributed by atoms with van der Waals surface area (Å²) in [5.41, 5.74) is -0.617. The van der Waals surface area contributed by atoms with Gasteiger partial charge in [0, 0.05) is 18.2 Å². The van der Waals surface area contributed by atoms with E-state index < -0.39 is 17.6 Å². The van der Waals surface area contributed by atoms with E-state index in [1.165, 1.54) is 6.08 Å². The highest BCUT2D eigenvalue weighted by molar-refractivity contribution is 6.00. The van der Waals surface area contributed by atoms with E-state index in [0.29, 0.717) is 18.0 Å². The van der Waals surface area contributed by atoms with Crippen molar-refractivity contribution in [2.45, 2.75) is 32.9 Å². The van der Waals surface area contributed by atoms with Crippen molar-refractivity contribution < 1.29 is 27.5 Å². The average Bonchev–Trinajstić information content (AvgIpc) is 2.53. The van der Waals surface area contributed by atoms with E-state index in [-0.39, 0.29) is 30.1 Å². The first kappa shape index (κ1) is 19.8. The molecule has 1 aliphatic rings. The van der Waals surface area contributed by atoms with E-state index in [1.54, 1.807) is 12.2 Å². The van der Waals surface area contributed by atoms with Gasteiger partial charge in [-0.1, -0.05) is 19.9 Å². The van der Waals surface area contributed by atoms with Gasteiger partial charge in [0.15, 0.2) is 5.78 Å². The number of ether oxygens (including phenoxy) is 1. The Balaban J connectivity index is 2.25. The fourth-order valence-corrected chi connectivity index (χ4v) is 2.27. The van der Waals surface area contributed by atoms with E-state index in [9.17, 15) is 22.8 Å². The van der Waals surface area contributed by atoms with Gasteiger partial charge in [-0.3, -0.25) is 9.59 Å². The number of halogens is 3. The number of hydrogen-bond acceptors (Lipinski definition) is 3. The zero-order valence-corrected chi connectivity index (χ0v) is 14.5. The number of allylic oxidation sites excluding steroid dienone is 3. The van der Waals surface area contributed by atoms with E-state index >= 15 is 0 Å². The van der Waals surface area contributed by atoms with Crippen LogP contribution in [0.2, 0.25) is 0 Å². The number of rotatable bonds is 6. The number of benzene rings is 1. The van der Waals surface area contributed by atoms with Gasteiger partial charge in [-0.25, -0.2) is 0 Å². The van der Waals surface area contributed by atoms with Crippen molar-refractivity contribution in [3.63, 3.8) is 0 Å². The lowest BCUT2D eigenvalue weighted by Gasteiger charge is -2.16. The van der Waals surface area contributed by atoms with Crippen LogP contribution in [-0.4, -0.2) is 18.3 Å². The number of carbonyl (C=O) groups is 2. The molecule has 1 aromatic rings. The molecule has 0 radical (unpaired) electrons. The molecule has 1 aromatic carbocycles. The third kappa shape index (κ3) is 5.47. The van der Waals surface area contributed by atoms with Gasteiger partial charge >= 0.3 is 6.18 Å². The van der Waals surface area contributed by atoms with Gasteiger partial charge in [0.05, 0.1) is 17.7 Å². The Labute approximate surface area is 149 Å². The predicted molar refractivity (Wildman–Crippen MR) is 90.7 cm³/mol. The van der Waals surface area contributed by atoms with Crippen LogP contribution in [-0.2, 0) is 11.0 Å². The Kier molecular flexibility index (Phi) is 6.23. The summed E-state index contributed by atoms with van der Waals surface area (Å²) in [4.78, 5) is 23.8. The van der Waals surface area contributed by atoms with Crippen LogP contribution in [0.1, 0.15) is 42.6 Å². The van der Waals surface area contributed by atoms with Gasteiger partial charge in [0.2, 0.25) is 0 Å². The number of alkyl halides is 3. The molecule has 7 heteroatoms. The molecule has 2 rings (SSSR count). The second-order valence-corrected chi connectivity index (χ2v) is 6.37. The smallest absolute Gasteiger partial charge is 0.416 e. The fraction of sp³-hybridized carbons (Fsp3) is 0.368. The Morgan fingerprint density at radius 1 is 1.31 bits per heavy atom. The van der Waals surface area contributed by atoms with Gasteiger partial charge in [-0.2, -0.15) is 13.2 Å². The topological polar surface area (TPSA) is 55.4 Å². The molecular weight excluding hydrogens is 347 g/mol. The molecule has 0 saturated carbocycles. The second-order valence-electron chi connectivity index (χ2n) is 6.37. The zero-order valence-electron chi connectivity index (χ0n) is 14.5. The van der Waals surface area contributed by atoms with Gasteiger partial charge in [-0.05, 0) is 36.6 Å². The van der Waals surface area contributed by atoms with Crippen LogP contribution in [0, 0.1) is 5.92 Å². The summed E-state index contributed by atoms with van der Waals surface area (Å²) < 4.78 is 44.3. The van der Waals surface area contributed by atoms with Gasteiger partial charge in [0.1, 0.15) is 5.75 Å². The van der Waals surface area contributed by atoms with Gasteiger partial charge in [-0.15, -0.1) is 0 Å². The number of hydrogen-bond donors (Lipinski definition) is 1. The van der Waals surface area contributed by atoms with Crippen molar-refractivity contribution in [3.05, 3.63) is 53.3 Å². The van der Waals surface area contributed by atoms with E-state index in [2.05, 4.69) is 5.32 Å². The molecule has 0 fully saturated rings. The third-order valence-electron chi connectivity index (χ3n) is 3.70. The van der Waals surface area contributed by atoms with Crippen LogP contribution in [0.4, 0.5) is 13.2 Å².